The van der Waals surface area contributed by atoms with E-state index in [2.05, 4.69) is 18.3 Å². The predicted octanol–water partition coefficient (Wildman–Crippen LogP) is 2.05. The maximum Gasteiger partial charge on any atom is 0.104 e. The molecular weight excluding hydrogens is 141 g/mol. The molecule has 2 heteroatoms. The highest BCUT2D eigenvalue weighted by atomic mass is 19.1. The van der Waals surface area contributed by atoms with Crippen molar-refractivity contribution in [1.29, 1.82) is 0 Å². The Kier molecular flexibility index (Phi) is 1.34. The lowest BCUT2D eigenvalue weighted by Gasteiger charge is -2.09. The first-order valence-corrected chi connectivity index (χ1v) is 3.79. The van der Waals surface area contributed by atoms with Crippen LogP contribution in [0, 0.1) is 0 Å². The molecule has 0 aromatic rings. The van der Waals surface area contributed by atoms with Crippen LogP contribution in [0.25, 0.3) is 0 Å². The van der Waals surface area contributed by atoms with Crippen molar-refractivity contribution in [2.24, 2.45) is 0 Å². The molecule has 1 heterocycles. The first-order chi connectivity index (χ1) is 5.25. The third-order valence-corrected chi connectivity index (χ3v) is 1.97. The van der Waals surface area contributed by atoms with Crippen LogP contribution in [0.15, 0.2) is 35.3 Å². The molecular formula is C9H10FN. The van der Waals surface area contributed by atoms with Gasteiger partial charge in [-0.25, -0.2) is 4.39 Å². The lowest BCUT2D eigenvalue weighted by molar-refractivity contribution is 0.608. The Morgan fingerprint density at radius 1 is 1.55 bits per heavy atom. The van der Waals surface area contributed by atoms with Gasteiger partial charge in [-0.1, -0.05) is 6.08 Å². The van der Waals surface area contributed by atoms with Gasteiger partial charge in [-0.05, 0) is 24.6 Å². The summed E-state index contributed by atoms with van der Waals surface area (Å²) in [5.41, 5.74) is 2.18. The first kappa shape index (κ1) is 6.65. The Hall–Kier alpha value is -1.05. The summed E-state index contributed by atoms with van der Waals surface area (Å²) in [6, 6.07) is 0.357. The van der Waals surface area contributed by atoms with Gasteiger partial charge < -0.3 is 5.32 Å². The molecule has 11 heavy (non-hydrogen) atoms. The molecule has 0 spiro atoms. The summed E-state index contributed by atoms with van der Waals surface area (Å²) in [6.07, 6.45) is 5.85. The molecule has 2 rings (SSSR count). The first-order valence-electron chi connectivity index (χ1n) is 3.79. The molecule has 1 unspecified atom stereocenters. The molecule has 0 bridgehead atoms. The molecule has 1 nitrogen and oxygen atoms in total. The minimum atomic E-state index is -0.0455. The summed E-state index contributed by atoms with van der Waals surface area (Å²) < 4.78 is 12.7. The van der Waals surface area contributed by atoms with E-state index in [1.54, 1.807) is 6.08 Å². The Morgan fingerprint density at radius 3 is 3.18 bits per heavy atom. The van der Waals surface area contributed by atoms with Crippen molar-refractivity contribution in [3.63, 3.8) is 0 Å². The molecule has 0 radical (unpaired) electrons. The molecule has 1 atom stereocenters. The summed E-state index contributed by atoms with van der Waals surface area (Å²) in [7, 11) is 0. The SMILES string of the molecule is CC1C=C2CC(F)=CC=C2N1. The summed E-state index contributed by atoms with van der Waals surface area (Å²) in [5, 5.41) is 3.23. The van der Waals surface area contributed by atoms with Crippen LogP contribution in [-0.4, -0.2) is 6.04 Å². The van der Waals surface area contributed by atoms with Crippen LogP contribution in [0.1, 0.15) is 13.3 Å². The maximum atomic E-state index is 12.7. The third-order valence-electron chi connectivity index (χ3n) is 1.97. The Balaban J connectivity index is 2.32. The van der Waals surface area contributed by atoms with E-state index in [9.17, 15) is 4.39 Å². The van der Waals surface area contributed by atoms with Crippen molar-refractivity contribution in [1.82, 2.24) is 5.32 Å². The van der Waals surface area contributed by atoms with E-state index in [0.29, 0.717) is 12.5 Å². The van der Waals surface area contributed by atoms with Gasteiger partial charge in [0.1, 0.15) is 5.83 Å². The standard InChI is InChI=1S/C9H10FN/c1-6-4-7-5-8(10)2-3-9(7)11-6/h2-4,6,11H,5H2,1H3. The zero-order valence-corrected chi connectivity index (χ0v) is 6.39. The minimum Gasteiger partial charge on any atom is -0.379 e. The van der Waals surface area contributed by atoms with Gasteiger partial charge in [0.2, 0.25) is 0 Å². The van der Waals surface area contributed by atoms with Gasteiger partial charge in [0.25, 0.3) is 0 Å². The largest absolute Gasteiger partial charge is 0.379 e. The monoisotopic (exact) mass is 151 g/mol. The molecule has 0 amide bonds. The number of fused-ring (bicyclic) bond motifs is 1. The highest BCUT2D eigenvalue weighted by Crippen LogP contribution is 2.27. The summed E-state index contributed by atoms with van der Waals surface area (Å²) in [4.78, 5) is 0. The van der Waals surface area contributed by atoms with E-state index in [4.69, 9.17) is 0 Å². The van der Waals surface area contributed by atoms with Crippen molar-refractivity contribution < 1.29 is 4.39 Å². The van der Waals surface area contributed by atoms with Gasteiger partial charge in [-0.15, -0.1) is 0 Å². The van der Waals surface area contributed by atoms with Crippen molar-refractivity contribution in [3.05, 3.63) is 35.3 Å². The molecule has 1 aliphatic carbocycles. The van der Waals surface area contributed by atoms with Crippen molar-refractivity contribution in [2.45, 2.75) is 19.4 Å². The highest BCUT2D eigenvalue weighted by molar-refractivity contribution is 5.44. The summed E-state index contributed by atoms with van der Waals surface area (Å²) in [6.45, 7) is 2.06. The second kappa shape index (κ2) is 2.22. The molecule has 0 aromatic heterocycles. The summed E-state index contributed by atoms with van der Waals surface area (Å²) in [5.74, 6) is -0.0455. The van der Waals surface area contributed by atoms with E-state index >= 15 is 0 Å². The number of hydrogen-bond donors (Lipinski definition) is 1. The molecule has 58 valence electrons. The maximum absolute atomic E-state index is 12.7. The fourth-order valence-electron chi connectivity index (χ4n) is 1.50. The average Bonchev–Trinajstić information content (AvgIpc) is 2.27. The number of allylic oxidation sites excluding steroid dienone is 4. The van der Waals surface area contributed by atoms with Crippen molar-refractivity contribution in [3.8, 4) is 0 Å². The minimum absolute atomic E-state index is 0.0455. The van der Waals surface area contributed by atoms with Gasteiger partial charge in [0.05, 0.1) is 0 Å². The predicted molar refractivity (Wildman–Crippen MR) is 42.6 cm³/mol. The van der Waals surface area contributed by atoms with E-state index < -0.39 is 0 Å². The fraction of sp³-hybridized carbons (Fsp3) is 0.333. The highest BCUT2D eigenvalue weighted by Gasteiger charge is 2.19. The molecule has 1 N–H and O–H groups in total. The van der Waals surface area contributed by atoms with Crippen molar-refractivity contribution in [2.75, 3.05) is 0 Å². The van der Waals surface area contributed by atoms with Crippen LogP contribution in [0.2, 0.25) is 0 Å². The van der Waals surface area contributed by atoms with E-state index in [1.807, 2.05) is 0 Å². The van der Waals surface area contributed by atoms with Gasteiger partial charge in [0, 0.05) is 18.2 Å². The summed E-state index contributed by atoms with van der Waals surface area (Å²) >= 11 is 0. The van der Waals surface area contributed by atoms with Crippen LogP contribution in [0.5, 0.6) is 0 Å². The van der Waals surface area contributed by atoms with Gasteiger partial charge in [-0.3, -0.25) is 0 Å². The van der Waals surface area contributed by atoms with Crippen LogP contribution >= 0.6 is 0 Å². The second-order valence-corrected chi connectivity index (χ2v) is 3.00. The van der Waals surface area contributed by atoms with E-state index in [1.165, 1.54) is 6.08 Å². The fourth-order valence-corrected chi connectivity index (χ4v) is 1.50. The van der Waals surface area contributed by atoms with E-state index in [0.717, 1.165) is 11.3 Å². The lowest BCUT2D eigenvalue weighted by atomic mass is 10.1. The Labute approximate surface area is 65.3 Å². The molecule has 0 saturated heterocycles. The smallest absolute Gasteiger partial charge is 0.104 e. The molecule has 0 fully saturated rings. The number of rotatable bonds is 0. The van der Waals surface area contributed by atoms with Gasteiger partial charge in [0.15, 0.2) is 0 Å². The molecule has 0 aromatic carbocycles. The lowest BCUT2D eigenvalue weighted by Crippen LogP contribution is -2.17. The zero-order valence-electron chi connectivity index (χ0n) is 6.39. The number of halogens is 1. The molecule has 1 aliphatic heterocycles. The van der Waals surface area contributed by atoms with Crippen LogP contribution in [0.4, 0.5) is 4.39 Å². The third kappa shape index (κ3) is 1.09. The Bertz CT molecular complexity index is 273. The Morgan fingerprint density at radius 2 is 2.36 bits per heavy atom. The molecule has 0 saturated carbocycles. The van der Waals surface area contributed by atoms with Gasteiger partial charge in [-0.2, -0.15) is 0 Å². The quantitative estimate of drug-likeness (QED) is 0.558. The number of hydrogen-bond acceptors (Lipinski definition) is 1. The molecule has 2 aliphatic rings. The van der Waals surface area contributed by atoms with E-state index in [-0.39, 0.29) is 5.83 Å². The van der Waals surface area contributed by atoms with Gasteiger partial charge >= 0.3 is 0 Å². The zero-order chi connectivity index (χ0) is 7.84. The van der Waals surface area contributed by atoms with Crippen molar-refractivity contribution >= 4 is 0 Å². The van der Waals surface area contributed by atoms with Crippen LogP contribution in [-0.2, 0) is 0 Å². The topological polar surface area (TPSA) is 12.0 Å². The normalized spacial score (nSPS) is 28.2. The van der Waals surface area contributed by atoms with Crippen LogP contribution in [0.3, 0.4) is 0 Å². The number of nitrogens with one attached hydrogen (secondary N) is 1. The van der Waals surface area contributed by atoms with Crippen LogP contribution < -0.4 is 5.32 Å². The average molecular weight is 151 g/mol. The second-order valence-electron chi connectivity index (χ2n) is 3.00.